The fourth-order valence-electron chi connectivity index (χ4n) is 2.88. The summed E-state index contributed by atoms with van der Waals surface area (Å²) in [5, 5.41) is 0. The molecule has 0 radical (unpaired) electrons. The van der Waals surface area contributed by atoms with Gasteiger partial charge >= 0.3 is 10.4 Å². The molecule has 0 bridgehead atoms. The van der Waals surface area contributed by atoms with E-state index < -0.39 is 10.4 Å². The zero-order valence-corrected chi connectivity index (χ0v) is 18.6. The molecule has 0 aromatic heterocycles. The second kappa shape index (κ2) is 17.3. The molecule has 0 aromatic carbocycles. The molecule has 0 atom stereocenters. The quantitative estimate of drug-likeness (QED) is 0.298. The van der Waals surface area contributed by atoms with Crippen molar-refractivity contribution in [2.24, 2.45) is 0 Å². The van der Waals surface area contributed by atoms with E-state index >= 15 is 0 Å². The van der Waals surface area contributed by atoms with Crippen LogP contribution in [0.1, 0.15) is 90.9 Å². The van der Waals surface area contributed by atoms with Crippen molar-refractivity contribution in [3.05, 3.63) is 12.4 Å². The Morgan fingerprint density at radius 1 is 0.852 bits per heavy atom. The lowest BCUT2D eigenvalue weighted by atomic mass is 10.1. The molecule has 6 nitrogen and oxygen atoms in total. The van der Waals surface area contributed by atoms with E-state index in [1.54, 1.807) is 0 Å². The molecule has 0 saturated heterocycles. The Morgan fingerprint density at radius 3 is 1.85 bits per heavy atom. The molecule has 1 rings (SSSR count). The lowest BCUT2D eigenvalue weighted by molar-refractivity contribution is 0.261. The van der Waals surface area contributed by atoms with Gasteiger partial charge in [0.25, 0.3) is 0 Å². The largest absolute Gasteiger partial charge is 0.397 e. The van der Waals surface area contributed by atoms with Gasteiger partial charge in [-0.1, -0.05) is 78.1 Å². The minimum absolute atomic E-state index is 0.0883. The maximum Gasteiger partial charge on any atom is 0.397 e. The predicted molar refractivity (Wildman–Crippen MR) is 113 cm³/mol. The zero-order valence-electron chi connectivity index (χ0n) is 17.7. The first kappa shape index (κ1) is 26.2. The van der Waals surface area contributed by atoms with Gasteiger partial charge in [0.15, 0.2) is 0 Å². The summed E-state index contributed by atoms with van der Waals surface area (Å²) in [5.41, 5.74) is 0. The maximum atomic E-state index is 10.1. The number of hydrogen-bond acceptors (Lipinski definition) is 5. The van der Waals surface area contributed by atoms with Gasteiger partial charge in [0.05, 0.1) is 13.3 Å². The van der Waals surface area contributed by atoms with Gasteiger partial charge in [-0.05, 0) is 12.8 Å². The van der Waals surface area contributed by atoms with Gasteiger partial charge in [0.1, 0.15) is 0 Å². The highest BCUT2D eigenvalue weighted by Gasteiger charge is 2.06. The van der Waals surface area contributed by atoms with Crippen molar-refractivity contribution in [2.75, 3.05) is 26.9 Å². The Kier molecular flexibility index (Phi) is 16.8. The van der Waals surface area contributed by atoms with Crippen molar-refractivity contribution < 1.29 is 17.2 Å². The lowest BCUT2D eigenvalue weighted by Gasteiger charge is -2.17. The summed E-state index contributed by atoms with van der Waals surface area (Å²) in [5.74, 6) is 0. The van der Waals surface area contributed by atoms with Crippen molar-refractivity contribution in [2.45, 2.75) is 90.9 Å². The van der Waals surface area contributed by atoms with Gasteiger partial charge in [0.2, 0.25) is 0 Å². The molecule has 0 spiro atoms. The van der Waals surface area contributed by atoms with Crippen LogP contribution in [-0.2, 0) is 14.6 Å². The van der Waals surface area contributed by atoms with Gasteiger partial charge in [-0.2, -0.15) is 8.42 Å². The average Bonchev–Trinajstić information content (AvgIpc) is 3.02. The predicted octanol–water partition coefficient (Wildman–Crippen LogP) is 5.19. The van der Waals surface area contributed by atoms with Crippen LogP contribution in [0.15, 0.2) is 12.4 Å². The fraction of sp³-hybridized carbons (Fsp3) is 0.900. The molecule has 27 heavy (non-hydrogen) atoms. The van der Waals surface area contributed by atoms with Crippen LogP contribution in [0.4, 0.5) is 0 Å². The van der Waals surface area contributed by atoms with Crippen LogP contribution in [0.2, 0.25) is 0 Å². The minimum Gasteiger partial charge on any atom is -0.362 e. The number of nitrogens with zero attached hydrogens (tertiary/aromatic N) is 2. The van der Waals surface area contributed by atoms with E-state index in [0.29, 0.717) is 6.42 Å². The molecule has 0 aromatic rings. The van der Waals surface area contributed by atoms with Crippen molar-refractivity contribution in [1.29, 1.82) is 0 Å². The van der Waals surface area contributed by atoms with Crippen LogP contribution >= 0.6 is 0 Å². The SMILES string of the molecule is CCCCCCCCN1C=CN(C)C1.CCCCCCCCOS(=O)(=O)O. The first-order valence-electron chi connectivity index (χ1n) is 10.6. The van der Waals surface area contributed by atoms with Gasteiger partial charge in [-0.15, -0.1) is 0 Å². The summed E-state index contributed by atoms with van der Waals surface area (Å²) in [6.45, 7) is 6.80. The summed E-state index contributed by atoms with van der Waals surface area (Å²) in [6, 6.07) is 0. The highest BCUT2D eigenvalue weighted by molar-refractivity contribution is 7.80. The first-order chi connectivity index (χ1) is 12.9. The van der Waals surface area contributed by atoms with Gasteiger partial charge in [0, 0.05) is 26.0 Å². The van der Waals surface area contributed by atoms with E-state index in [1.807, 2.05) is 0 Å². The second-order valence-corrected chi connectivity index (χ2v) is 8.39. The average molecular weight is 407 g/mol. The third-order valence-corrected chi connectivity index (χ3v) is 4.93. The summed E-state index contributed by atoms with van der Waals surface area (Å²) in [6.07, 6.45) is 19.0. The Morgan fingerprint density at radius 2 is 1.37 bits per heavy atom. The Bertz CT molecular complexity index is 455. The first-order valence-corrected chi connectivity index (χ1v) is 12.0. The van der Waals surface area contributed by atoms with E-state index in [0.717, 1.165) is 19.5 Å². The second-order valence-electron chi connectivity index (χ2n) is 7.29. The Hall–Kier alpha value is -0.790. The normalized spacial score (nSPS) is 13.8. The van der Waals surface area contributed by atoms with Gasteiger partial charge in [-0.3, -0.25) is 4.55 Å². The standard InChI is InChI=1S/C12H24N2.C8H18O4S/c1-3-4-5-6-7-8-9-14-11-10-13(2)12-14;1-2-3-4-5-6-7-8-12-13(9,10)11/h10-11H,3-9,12H2,1-2H3;2-8H2,1H3,(H,9,10,11). The van der Waals surface area contributed by atoms with Crippen LogP contribution in [0.3, 0.4) is 0 Å². The molecular weight excluding hydrogens is 364 g/mol. The van der Waals surface area contributed by atoms with Crippen LogP contribution in [0, 0.1) is 0 Å². The molecule has 0 unspecified atom stereocenters. The molecule has 0 aliphatic carbocycles. The molecule has 0 amide bonds. The van der Waals surface area contributed by atoms with E-state index in [2.05, 4.69) is 47.3 Å². The lowest BCUT2D eigenvalue weighted by Crippen LogP contribution is -2.23. The summed E-state index contributed by atoms with van der Waals surface area (Å²) in [7, 11) is -2.10. The third kappa shape index (κ3) is 19.8. The Labute approximate surface area is 167 Å². The maximum absolute atomic E-state index is 10.1. The van der Waals surface area contributed by atoms with E-state index in [4.69, 9.17) is 4.55 Å². The molecule has 0 saturated carbocycles. The molecule has 1 N–H and O–H groups in total. The van der Waals surface area contributed by atoms with Crippen molar-refractivity contribution in [3.8, 4) is 0 Å². The van der Waals surface area contributed by atoms with Crippen molar-refractivity contribution in [1.82, 2.24) is 9.80 Å². The summed E-state index contributed by atoms with van der Waals surface area (Å²) >= 11 is 0. The number of unbranched alkanes of at least 4 members (excludes halogenated alkanes) is 10. The van der Waals surface area contributed by atoms with Gasteiger partial charge < -0.3 is 9.80 Å². The number of rotatable bonds is 15. The monoisotopic (exact) mass is 406 g/mol. The molecule has 0 fully saturated rings. The van der Waals surface area contributed by atoms with Crippen LogP contribution < -0.4 is 0 Å². The Balaban J connectivity index is 0.000000503. The zero-order chi connectivity index (χ0) is 20.4. The molecule has 162 valence electrons. The van der Waals surface area contributed by atoms with E-state index in [9.17, 15) is 8.42 Å². The highest BCUT2D eigenvalue weighted by atomic mass is 32.3. The third-order valence-electron chi connectivity index (χ3n) is 4.47. The van der Waals surface area contributed by atoms with Crippen molar-refractivity contribution in [3.63, 3.8) is 0 Å². The smallest absolute Gasteiger partial charge is 0.362 e. The summed E-state index contributed by atoms with van der Waals surface area (Å²) in [4.78, 5) is 4.61. The topological polar surface area (TPSA) is 70.1 Å². The molecule has 1 heterocycles. The minimum atomic E-state index is -4.22. The molecule has 7 heteroatoms. The van der Waals surface area contributed by atoms with E-state index in [-0.39, 0.29) is 6.61 Å². The van der Waals surface area contributed by atoms with Gasteiger partial charge in [-0.25, -0.2) is 4.18 Å². The summed E-state index contributed by atoms with van der Waals surface area (Å²) < 4.78 is 32.6. The van der Waals surface area contributed by atoms with Crippen molar-refractivity contribution >= 4 is 10.4 Å². The van der Waals surface area contributed by atoms with Crippen LogP contribution in [0.5, 0.6) is 0 Å². The molecule has 1 aliphatic rings. The molecule has 1 aliphatic heterocycles. The van der Waals surface area contributed by atoms with E-state index in [1.165, 1.54) is 64.3 Å². The fourth-order valence-corrected chi connectivity index (χ4v) is 3.20. The van der Waals surface area contributed by atoms with Crippen LogP contribution in [0.25, 0.3) is 0 Å². The number of hydrogen-bond donors (Lipinski definition) is 1. The van der Waals surface area contributed by atoms with Crippen LogP contribution in [-0.4, -0.2) is 49.6 Å². The highest BCUT2D eigenvalue weighted by Crippen LogP contribution is 2.09. The molecular formula is C20H42N2O4S.